The van der Waals surface area contributed by atoms with E-state index in [9.17, 15) is 15.0 Å². The van der Waals surface area contributed by atoms with E-state index in [0.717, 1.165) is 36.8 Å². The molecule has 0 radical (unpaired) electrons. The number of benzene rings is 2. The summed E-state index contributed by atoms with van der Waals surface area (Å²) in [6.45, 7) is 2.15. The maximum atomic E-state index is 12.4. The van der Waals surface area contributed by atoms with Gasteiger partial charge in [0.2, 0.25) is 0 Å². The molecule has 23 heavy (non-hydrogen) atoms. The molecule has 3 nitrogen and oxygen atoms in total. The zero-order valence-electron chi connectivity index (χ0n) is 13.6. The Kier molecular flexibility index (Phi) is 6.21. The number of hydrogen-bond donors (Lipinski definition) is 2. The van der Waals surface area contributed by atoms with Gasteiger partial charge in [0, 0.05) is 12.5 Å². The summed E-state index contributed by atoms with van der Waals surface area (Å²) in [4.78, 5) is 12.4. The zero-order valence-corrected chi connectivity index (χ0v) is 13.6. The molecular formula is C20H24O3. The minimum Gasteiger partial charge on any atom is -0.508 e. The topological polar surface area (TPSA) is 57.5 Å². The van der Waals surface area contributed by atoms with E-state index in [2.05, 4.69) is 6.92 Å². The Hall–Kier alpha value is -2.29. The fraction of sp³-hybridized carbons (Fsp3) is 0.350. The second-order valence-corrected chi connectivity index (χ2v) is 5.89. The van der Waals surface area contributed by atoms with Crippen molar-refractivity contribution in [2.75, 3.05) is 0 Å². The molecular weight excluding hydrogens is 288 g/mol. The number of unbranched alkanes of at least 4 members (excludes halogenated alkanes) is 3. The molecule has 0 fully saturated rings. The molecule has 0 heterocycles. The van der Waals surface area contributed by atoms with E-state index < -0.39 is 0 Å². The van der Waals surface area contributed by atoms with Crippen LogP contribution in [0.25, 0.3) is 0 Å². The lowest BCUT2D eigenvalue weighted by Gasteiger charge is -2.10. The number of phenolic OH excluding ortho intramolecular Hbond substituents is 2. The van der Waals surface area contributed by atoms with Crippen LogP contribution >= 0.6 is 0 Å². The largest absolute Gasteiger partial charge is 0.508 e. The molecule has 0 atom stereocenters. The molecule has 0 aromatic heterocycles. The number of phenols is 2. The lowest BCUT2D eigenvalue weighted by atomic mass is 9.97. The summed E-state index contributed by atoms with van der Waals surface area (Å²) in [6.07, 6.45) is 5.36. The number of ketones is 1. The number of carbonyl (C=O) groups excluding carboxylic acids is 1. The van der Waals surface area contributed by atoms with Crippen molar-refractivity contribution >= 4 is 5.78 Å². The number of aromatic hydroxyl groups is 2. The van der Waals surface area contributed by atoms with Crippen molar-refractivity contribution in [1.82, 2.24) is 0 Å². The lowest BCUT2D eigenvalue weighted by molar-refractivity contribution is 0.0990. The molecule has 0 saturated carbocycles. The molecule has 0 aliphatic rings. The first kappa shape index (κ1) is 17.1. The van der Waals surface area contributed by atoms with Gasteiger partial charge in [-0.1, -0.05) is 56.5 Å². The molecule has 0 amide bonds. The molecule has 2 aromatic carbocycles. The average Bonchev–Trinajstić information content (AvgIpc) is 2.54. The normalized spacial score (nSPS) is 10.7. The van der Waals surface area contributed by atoms with Crippen molar-refractivity contribution in [3.63, 3.8) is 0 Å². The summed E-state index contributed by atoms with van der Waals surface area (Å²) >= 11 is 0. The number of aryl methyl sites for hydroxylation is 1. The molecule has 0 spiro atoms. The molecule has 0 aliphatic heterocycles. The van der Waals surface area contributed by atoms with E-state index in [4.69, 9.17) is 0 Å². The van der Waals surface area contributed by atoms with Crippen molar-refractivity contribution < 1.29 is 15.0 Å². The molecule has 0 bridgehead atoms. The standard InChI is InChI=1S/C20H24O3/c1-2-3-4-8-11-16-13-17(20(23)14-18(16)21)19(22)12-15-9-6-5-7-10-15/h5-7,9-10,13-14,21,23H,2-4,8,11-12H2,1H3. The van der Waals surface area contributed by atoms with Gasteiger partial charge in [0.25, 0.3) is 0 Å². The fourth-order valence-corrected chi connectivity index (χ4v) is 2.66. The van der Waals surface area contributed by atoms with Crippen molar-refractivity contribution in [3.05, 3.63) is 59.2 Å². The average molecular weight is 312 g/mol. The zero-order chi connectivity index (χ0) is 16.7. The van der Waals surface area contributed by atoms with E-state index in [-0.39, 0.29) is 29.3 Å². The molecule has 0 saturated heterocycles. The highest BCUT2D eigenvalue weighted by Crippen LogP contribution is 2.29. The second kappa shape index (κ2) is 8.37. The van der Waals surface area contributed by atoms with Crippen LogP contribution < -0.4 is 0 Å². The quantitative estimate of drug-likeness (QED) is 0.551. The van der Waals surface area contributed by atoms with Crippen LogP contribution in [0.4, 0.5) is 0 Å². The van der Waals surface area contributed by atoms with E-state index >= 15 is 0 Å². The van der Waals surface area contributed by atoms with Gasteiger partial charge in [0.05, 0.1) is 5.56 Å². The van der Waals surface area contributed by atoms with Gasteiger partial charge >= 0.3 is 0 Å². The Morgan fingerprint density at radius 3 is 2.39 bits per heavy atom. The van der Waals surface area contributed by atoms with Crippen molar-refractivity contribution in [2.45, 2.75) is 45.4 Å². The third-order valence-corrected chi connectivity index (χ3v) is 4.00. The minimum atomic E-state index is -0.152. The molecule has 0 unspecified atom stereocenters. The minimum absolute atomic E-state index is 0.0651. The maximum absolute atomic E-state index is 12.4. The summed E-state index contributed by atoms with van der Waals surface area (Å²) in [5.74, 6) is -0.223. The van der Waals surface area contributed by atoms with E-state index in [1.165, 1.54) is 12.5 Å². The number of hydrogen-bond acceptors (Lipinski definition) is 3. The van der Waals surface area contributed by atoms with E-state index in [1.807, 2.05) is 30.3 Å². The van der Waals surface area contributed by atoms with Crippen LogP contribution in [-0.4, -0.2) is 16.0 Å². The highest BCUT2D eigenvalue weighted by Gasteiger charge is 2.15. The second-order valence-electron chi connectivity index (χ2n) is 5.89. The Labute approximate surface area is 137 Å². The third kappa shape index (κ3) is 4.85. The smallest absolute Gasteiger partial charge is 0.170 e. The van der Waals surface area contributed by atoms with Crippen LogP contribution in [0.5, 0.6) is 11.5 Å². The van der Waals surface area contributed by atoms with Crippen molar-refractivity contribution in [1.29, 1.82) is 0 Å². The summed E-state index contributed by atoms with van der Waals surface area (Å²) in [6, 6.07) is 12.4. The molecule has 122 valence electrons. The van der Waals surface area contributed by atoms with Crippen molar-refractivity contribution in [3.8, 4) is 11.5 Å². The first-order chi connectivity index (χ1) is 11.1. The molecule has 2 N–H and O–H groups in total. The van der Waals surface area contributed by atoms with Gasteiger partial charge in [-0.15, -0.1) is 0 Å². The Bertz CT molecular complexity index is 647. The summed E-state index contributed by atoms with van der Waals surface area (Å²) in [5.41, 5.74) is 1.93. The Morgan fingerprint density at radius 2 is 1.70 bits per heavy atom. The van der Waals surface area contributed by atoms with E-state index in [0.29, 0.717) is 0 Å². The van der Waals surface area contributed by atoms with Crippen LogP contribution in [0, 0.1) is 0 Å². The number of carbonyl (C=O) groups is 1. The van der Waals surface area contributed by atoms with Crippen LogP contribution in [0.15, 0.2) is 42.5 Å². The van der Waals surface area contributed by atoms with E-state index in [1.54, 1.807) is 6.07 Å². The summed E-state index contributed by atoms with van der Waals surface area (Å²) < 4.78 is 0. The SMILES string of the molecule is CCCCCCc1cc(C(=O)Cc2ccccc2)c(O)cc1O. The molecule has 2 rings (SSSR count). The van der Waals surface area contributed by atoms with Gasteiger partial charge in [0.1, 0.15) is 11.5 Å². The Balaban J connectivity index is 2.12. The summed E-state index contributed by atoms with van der Waals surface area (Å²) in [7, 11) is 0. The molecule has 3 heteroatoms. The maximum Gasteiger partial charge on any atom is 0.170 e. The third-order valence-electron chi connectivity index (χ3n) is 4.00. The first-order valence-corrected chi connectivity index (χ1v) is 8.23. The number of Topliss-reactive ketones (excluding diaryl/α,β-unsaturated/α-hetero) is 1. The van der Waals surface area contributed by atoms with Gasteiger partial charge < -0.3 is 10.2 Å². The van der Waals surface area contributed by atoms with Crippen molar-refractivity contribution in [2.24, 2.45) is 0 Å². The predicted molar refractivity (Wildman–Crippen MR) is 92.1 cm³/mol. The van der Waals surface area contributed by atoms with Gasteiger partial charge in [-0.25, -0.2) is 0 Å². The molecule has 0 aliphatic carbocycles. The predicted octanol–water partition coefficient (Wildman–Crippen LogP) is 4.65. The summed E-state index contributed by atoms with van der Waals surface area (Å²) in [5, 5.41) is 20.0. The Morgan fingerprint density at radius 1 is 0.957 bits per heavy atom. The monoisotopic (exact) mass is 312 g/mol. The van der Waals surface area contributed by atoms with Gasteiger partial charge in [-0.3, -0.25) is 4.79 Å². The van der Waals surface area contributed by atoms with Crippen LogP contribution in [0.2, 0.25) is 0 Å². The van der Waals surface area contributed by atoms with Gasteiger partial charge in [-0.05, 0) is 30.0 Å². The number of rotatable bonds is 8. The molecule has 2 aromatic rings. The first-order valence-electron chi connectivity index (χ1n) is 8.23. The highest BCUT2D eigenvalue weighted by molar-refractivity contribution is 6.00. The van der Waals surface area contributed by atoms with Crippen LogP contribution in [-0.2, 0) is 12.8 Å². The van der Waals surface area contributed by atoms with Crippen LogP contribution in [0.1, 0.15) is 54.1 Å². The highest BCUT2D eigenvalue weighted by atomic mass is 16.3. The van der Waals surface area contributed by atoms with Crippen LogP contribution in [0.3, 0.4) is 0 Å². The lowest BCUT2D eigenvalue weighted by Crippen LogP contribution is -2.05. The van der Waals surface area contributed by atoms with Gasteiger partial charge in [0.15, 0.2) is 5.78 Å². The van der Waals surface area contributed by atoms with Gasteiger partial charge in [-0.2, -0.15) is 0 Å². The fourth-order valence-electron chi connectivity index (χ4n) is 2.66.